The number of hydrogen-bond acceptors (Lipinski definition) is 2. The molecule has 1 heterocycles. The Morgan fingerprint density at radius 3 is 2.56 bits per heavy atom. The second-order valence-electron chi connectivity index (χ2n) is 3.21. The largest absolute Gasteiger partial charge is 0.320 e. The summed E-state index contributed by atoms with van der Waals surface area (Å²) >= 11 is 7.27. The molecule has 2 N–H and O–H groups in total. The SMILES string of the molecule is Cl.N[C@H](c1ccsc1)c1ccc(F)c(Cl)c1. The molecule has 0 amide bonds. The minimum atomic E-state index is -0.419. The summed E-state index contributed by atoms with van der Waals surface area (Å²) in [7, 11) is 0. The van der Waals surface area contributed by atoms with Gasteiger partial charge in [0.15, 0.2) is 0 Å². The zero-order valence-electron chi connectivity index (χ0n) is 8.19. The lowest BCUT2D eigenvalue weighted by Crippen LogP contribution is -2.10. The molecule has 0 fully saturated rings. The standard InChI is InChI=1S/C11H9ClFNS.ClH/c12-9-5-7(1-2-10(9)13)11(14)8-3-4-15-6-8;/h1-6,11H,14H2;1H/t11-;/m0./s1. The van der Waals surface area contributed by atoms with E-state index in [9.17, 15) is 4.39 Å². The predicted octanol–water partition coefficient (Wildman–Crippen LogP) is 4.01. The number of rotatable bonds is 2. The molecule has 0 aliphatic rings. The quantitative estimate of drug-likeness (QED) is 0.882. The fraction of sp³-hybridized carbons (Fsp3) is 0.0909. The van der Waals surface area contributed by atoms with Gasteiger partial charge in [-0.2, -0.15) is 11.3 Å². The van der Waals surface area contributed by atoms with Crippen molar-refractivity contribution in [2.45, 2.75) is 6.04 Å². The molecule has 0 saturated heterocycles. The van der Waals surface area contributed by atoms with Crippen molar-refractivity contribution in [1.82, 2.24) is 0 Å². The molecule has 0 aliphatic heterocycles. The van der Waals surface area contributed by atoms with Crippen LogP contribution < -0.4 is 5.73 Å². The van der Waals surface area contributed by atoms with E-state index in [1.807, 2.05) is 16.8 Å². The molecule has 0 saturated carbocycles. The molecular weight excluding hydrogens is 268 g/mol. The van der Waals surface area contributed by atoms with Crippen molar-refractivity contribution >= 4 is 35.3 Å². The molecule has 0 spiro atoms. The summed E-state index contributed by atoms with van der Waals surface area (Å²) in [4.78, 5) is 0. The zero-order valence-corrected chi connectivity index (χ0v) is 10.6. The molecule has 1 atom stereocenters. The second kappa shape index (κ2) is 5.64. The first-order valence-electron chi connectivity index (χ1n) is 4.41. The Kier molecular flexibility index (Phi) is 4.74. The van der Waals surface area contributed by atoms with E-state index in [-0.39, 0.29) is 23.5 Å². The van der Waals surface area contributed by atoms with Gasteiger partial charge in [0.2, 0.25) is 0 Å². The van der Waals surface area contributed by atoms with Crippen molar-refractivity contribution in [2.75, 3.05) is 0 Å². The molecule has 0 bridgehead atoms. The minimum absolute atomic E-state index is 0. The minimum Gasteiger partial charge on any atom is -0.320 e. The highest BCUT2D eigenvalue weighted by molar-refractivity contribution is 7.08. The fourth-order valence-electron chi connectivity index (χ4n) is 1.35. The summed E-state index contributed by atoms with van der Waals surface area (Å²) in [6.45, 7) is 0. The van der Waals surface area contributed by atoms with Crippen molar-refractivity contribution in [3.8, 4) is 0 Å². The van der Waals surface area contributed by atoms with Gasteiger partial charge in [-0.15, -0.1) is 12.4 Å². The molecule has 1 nitrogen and oxygen atoms in total. The highest BCUT2D eigenvalue weighted by Crippen LogP contribution is 2.25. The van der Waals surface area contributed by atoms with E-state index in [4.69, 9.17) is 17.3 Å². The zero-order chi connectivity index (χ0) is 10.8. The maximum Gasteiger partial charge on any atom is 0.141 e. The normalized spacial score (nSPS) is 11.9. The summed E-state index contributed by atoms with van der Waals surface area (Å²) in [6.07, 6.45) is 0. The first-order valence-corrected chi connectivity index (χ1v) is 5.73. The van der Waals surface area contributed by atoms with Crippen LogP contribution in [0.5, 0.6) is 0 Å². The molecule has 0 radical (unpaired) electrons. The highest BCUT2D eigenvalue weighted by Gasteiger charge is 2.10. The molecular formula is C11H10Cl2FNS. The Hall–Kier alpha value is -0.610. The van der Waals surface area contributed by atoms with Crippen LogP contribution in [0.25, 0.3) is 0 Å². The van der Waals surface area contributed by atoms with E-state index in [0.717, 1.165) is 11.1 Å². The van der Waals surface area contributed by atoms with Crippen LogP contribution >= 0.6 is 35.3 Å². The van der Waals surface area contributed by atoms with Gasteiger partial charge in [0.1, 0.15) is 5.82 Å². The average molecular weight is 278 g/mol. The van der Waals surface area contributed by atoms with Crippen molar-refractivity contribution in [2.24, 2.45) is 5.73 Å². The van der Waals surface area contributed by atoms with E-state index in [0.29, 0.717) is 0 Å². The van der Waals surface area contributed by atoms with Crippen LogP contribution in [0.15, 0.2) is 35.0 Å². The van der Waals surface area contributed by atoms with Gasteiger partial charge >= 0.3 is 0 Å². The number of benzene rings is 1. The summed E-state index contributed by atoms with van der Waals surface area (Å²) in [5.41, 5.74) is 7.84. The molecule has 2 aromatic rings. The van der Waals surface area contributed by atoms with Crippen molar-refractivity contribution in [3.63, 3.8) is 0 Å². The van der Waals surface area contributed by atoms with E-state index in [1.165, 1.54) is 6.07 Å². The summed E-state index contributed by atoms with van der Waals surface area (Å²) < 4.78 is 12.9. The molecule has 86 valence electrons. The van der Waals surface area contributed by atoms with Crippen LogP contribution in [0.2, 0.25) is 5.02 Å². The first kappa shape index (κ1) is 13.5. The fourth-order valence-corrected chi connectivity index (χ4v) is 2.24. The van der Waals surface area contributed by atoms with Gasteiger partial charge < -0.3 is 5.73 Å². The topological polar surface area (TPSA) is 26.0 Å². The van der Waals surface area contributed by atoms with Crippen LogP contribution in [0.1, 0.15) is 17.2 Å². The van der Waals surface area contributed by atoms with Crippen LogP contribution in [0, 0.1) is 5.82 Å². The van der Waals surface area contributed by atoms with Gasteiger partial charge in [-0.25, -0.2) is 4.39 Å². The molecule has 1 aromatic carbocycles. The van der Waals surface area contributed by atoms with Crippen molar-refractivity contribution < 1.29 is 4.39 Å². The van der Waals surface area contributed by atoms with Crippen LogP contribution in [0.4, 0.5) is 4.39 Å². The number of nitrogens with two attached hydrogens (primary N) is 1. The highest BCUT2D eigenvalue weighted by atomic mass is 35.5. The van der Waals surface area contributed by atoms with Gasteiger partial charge in [-0.05, 0) is 40.1 Å². The number of thiophene rings is 1. The lowest BCUT2D eigenvalue weighted by Gasteiger charge is -2.10. The Labute approximate surface area is 108 Å². The van der Waals surface area contributed by atoms with Gasteiger partial charge in [0, 0.05) is 0 Å². The number of hydrogen-bond donors (Lipinski definition) is 1. The molecule has 5 heteroatoms. The van der Waals surface area contributed by atoms with Crippen molar-refractivity contribution in [1.29, 1.82) is 0 Å². The smallest absolute Gasteiger partial charge is 0.141 e. The predicted molar refractivity (Wildman–Crippen MR) is 69.0 cm³/mol. The summed E-state index contributed by atoms with van der Waals surface area (Å²) in [6, 6.07) is 6.27. The molecule has 2 rings (SSSR count). The van der Waals surface area contributed by atoms with Crippen LogP contribution in [0.3, 0.4) is 0 Å². The van der Waals surface area contributed by atoms with Crippen molar-refractivity contribution in [3.05, 3.63) is 57.0 Å². The monoisotopic (exact) mass is 277 g/mol. The van der Waals surface area contributed by atoms with E-state index in [1.54, 1.807) is 23.5 Å². The Morgan fingerprint density at radius 1 is 1.25 bits per heavy atom. The lowest BCUT2D eigenvalue weighted by atomic mass is 10.0. The average Bonchev–Trinajstić information content (AvgIpc) is 2.74. The summed E-state index contributed by atoms with van der Waals surface area (Å²) in [5, 5.41) is 4.04. The first-order chi connectivity index (χ1) is 7.18. The van der Waals surface area contributed by atoms with E-state index < -0.39 is 5.82 Å². The van der Waals surface area contributed by atoms with E-state index >= 15 is 0 Å². The number of halogens is 3. The maximum absolute atomic E-state index is 12.9. The lowest BCUT2D eigenvalue weighted by molar-refractivity contribution is 0.627. The second-order valence-corrected chi connectivity index (χ2v) is 4.40. The Bertz CT molecular complexity index is 459. The molecule has 1 aromatic heterocycles. The Morgan fingerprint density at radius 2 is 2.00 bits per heavy atom. The molecule has 16 heavy (non-hydrogen) atoms. The van der Waals surface area contributed by atoms with Crippen LogP contribution in [-0.4, -0.2) is 0 Å². The van der Waals surface area contributed by atoms with Gasteiger partial charge in [0.05, 0.1) is 11.1 Å². The van der Waals surface area contributed by atoms with Gasteiger partial charge in [-0.3, -0.25) is 0 Å². The van der Waals surface area contributed by atoms with E-state index in [2.05, 4.69) is 0 Å². The molecule has 0 unspecified atom stereocenters. The third kappa shape index (κ3) is 2.74. The third-order valence-electron chi connectivity index (χ3n) is 2.21. The van der Waals surface area contributed by atoms with Crippen LogP contribution in [-0.2, 0) is 0 Å². The molecule has 0 aliphatic carbocycles. The Balaban J connectivity index is 0.00000128. The maximum atomic E-state index is 12.9. The third-order valence-corrected chi connectivity index (χ3v) is 3.20. The summed E-state index contributed by atoms with van der Waals surface area (Å²) in [5.74, 6) is -0.419. The van der Waals surface area contributed by atoms with Gasteiger partial charge in [-0.1, -0.05) is 17.7 Å². The van der Waals surface area contributed by atoms with Gasteiger partial charge in [0.25, 0.3) is 0 Å².